The first-order valence-corrected chi connectivity index (χ1v) is 5.67. The molecule has 0 aliphatic rings. The number of anilines is 1. The number of hydrogen-bond donors (Lipinski definition) is 2. The van der Waals surface area contributed by atoms with Crippen LogP contribution >= 0.6 is 0 Å². The molecule has 5 heteroatoms. The lowest BCUT2D eigenvalue weighted by Gasteiger charge is -2.06. The summed E-state index contributed by atoms with van der Waals surface area (Å²) in [6, 6.07) is 3.66. The average molecular weight is 245 g/mol. The Morgan fingerprint density at radius 3 is 3.06 bits per heavy atom. The van der Waals surface area contributed by atoms with E-state index < -0.39 is 0 Å². The molecule has 18 heavy (non-hydrogen) atoms. The lowest BCUT2D eigenvalue weighted by molar-refractivity contribution is 0.517. The van der Waals surface area contributed by atoms with Gasteiger partial charge in [0.15, 0.2) is 0 Å². The molecule has 0 bridgehead atoms. The van der Waals surface area contributed by atoms with Gasteiger partial charge in [-0.1, -0.05) is 6.08 Å². The molecular weight excluding hydrogens is 230 g/mol. The Balaban J connectivity index is 2.15. The van der Waals surface area contributed by atoms with Gasteiger partial charge in [0.25, 0.3) is 5.56 Å². The number of aromatic nitrogens is 2. The second-order valence-electron chi connectivity index (χ2n) is 3.90. The molecule has 2 aromatic heterocycles. The van der Waals surface area contributed by atoms with Crippen LogP contribution in [0.3, 0.4) is 0 Å². The molecule has 0 unspecified atom stereocenters. The zero-order valence-electron chi connectivity index (χ0n) is 10.2. The Kier molecular flexibility index (Phi) is 3.62. The van der Waals surface area contributed by atoms with Crippen LogP contribution < -0.4 is 10.9 Å². The Bertz CT molecular complexity index is 585. The third kappa shape index (κ3) is 2.68. The van der Waals surface area contributed by atoms with Gasteiger partial charge in [-0.2, -0.15) is 0 Å². The van der Waals surface area contributed by atoms with E-state index in [-0.39, 0.29) is 5.56 Å². The van der Waals surface area contributed by atoms with Crippen molar-refractivity contribution in [2.75, 3.05) is 5.32 Å². The number of furan rings is 1. The predicted molar refractivity (Wildman–Crippen MR) is 69.5 cm³/mol. The number of nitrogens with zero attached hydrogens (tertiary/aromatic N) is 1. The molecule has 0 amide bonds. The number of H-pyrrole nitrogens is 1. The van der Waals surface area contributed by atoms with Gasteiger partial charge in [-0.15, -0.1) is 6.58 Å². The van der Waals surface area contributed by atoms with Crippen LogP contribution in [0.5, 0.6) is 0 Å². The minimum absolute atomic E-state index is 0.135. The molecule has 0 atom stereocenters. The summed E-state index contributed by atoms with van der Waals surface area (Å²) in [5.74, 6) is 1.23. The van der Waals surface area contributed by atoms with E-state index in [9.17, 15) is 4.79 Å². The fourth-order valence-electron chi connectivity index (χ4n) is 1.66. The molecule has 2 heterocycles. The Hall–Kier alpha value is -2.30. The fourth-order valence-corrected chi connectivity index (χ4v) is 1.66. The van der Waals surface area contributed by atoms with Crippen molar-refractivity contribution in [1.29, 1.82) is 0 Å². The van der Waals surface area contributed by atoms with Crippen molar-refractivity contribution in [3.8, 4) is 0 Å². The average Bonchev–Trinajstić information content (AvgIpc) is 2.84. The molecule has 2 N–H and O–H groups in total. The van der Waals surface area contributed by atoms with Crippen LogP contribution in [0.25, 0.3) is 0 Å². The van der Waals surface area contributed by atoms with Crippen molar-refractivity contribution in [3.63, 3.8) is 0 Å². The van der Waals surface area contributed by atoms with E-state index >= 15 is 0 Å². The standard InChI is InChI=1S/C13H15N3O2/c1-3-5-11-9(2)15-13(16-12(11)17)14-8-10-6-4-7-18-10/h3-4,6-7H,1,5,8H2,2H3,(H2,14,15,16,17). The maximum Gasteiger partial charge on any atom is 0.256 e. The summed E-state index contributed by atoms with van der Waals surface area (Å²) in [5.41, 5.74) is 1.22. The van der Waals surface area contributed by atoms with Crippen molar-refractivity contribution in [2.24, 2.45) is 0 Å². The quantitative estimate of drug-likeness (QED) is 0.790. The Morgan fingerprint density at radius 2 is 2.44 bits per heavy atom. The summed E-state index contributed by atoms with van der Waals surface area (Å²) in [7, 11) is 0. The van der Waals surface area contributed by atoms with Crippen molar-refractivity contribution < 1.29 is 4.42 Å². The van der Waals surface area contributed by atoms with Crippen LogP contribution in [-0.2, 0) is 13.0 Å². The van der Waals surface area contributed by atoms with Gasteiger partial charge < -0.3 is 9.73 Å². The molecule has 0 aliphatic carbocycles. The molecular formula is C13H15N3O2. The molecule has 0 radical (unpaired) electrons. The van der Waals surface area contributed by atoms with Gasteiger partial charge in [0.2, 0.25) is 5.95 Å². The third-order valence-corrected chi connectivity index (χ3v) is 2.58. The van der Waals surface area contributed by atoms with Gasteiger partial charge in [0, 0.05) is 5.56 Å². The SMILES string of the molecule is C=CCc1c(C)nc(NCc2ccco2)[nH]c1=O. The highest BCUT2D eigenvalue weighted by Crippen LogP contribution is 2.06. The summed E-state index contributed by atoms with van der Waals surface area (Å²) >= 11 is 0. The smallest absolute Gasteiger partial charge is 0.256 e. The summed E-state index contributed by atoms with van der Waals surface area (Å²) in [4.78, 5) is 18.8. The van der Waals surface area contributed by atoms with Gasteiger partial charge in [-0.05, 0) is 25.5 Å². The number of aromatic amines is 1. The minimum Gasteiger partial charge on any atom is -0.467 e. The summed E-state index contributed by atoms with van der Waals surface area (Å²) in [5, 5.41) is 3.01. The number of nitrogens with one attached hydrogen (secondary N) is 2. The molecule has 0 aliphatic heterocycles. The molecule has 0 saturated carbocycles. The number of aryl methyl sites for hydroxylation is 1. The van der Waals surface area contributed by atoms with Gasteiger partial charge in [-0.3, -0.25) is 9.78 Å². The van der Waals surface area contributed by atoms with Gasteiger partial charge in [-0.25, -0.2) is 4.98 Å². The Labute approximate surface area is 105 Å². The van der Waals surface area contributed by atoms with E-state index in [0.717, 1.165) is 5.76 Å². The van der Waals surface area contributed by atoms with Crippen molar-refractivity contribution in [2.45, 2.75) is 19.9 Å². The minimum atomic E-state index is -0.135. The maximum atomic E-state index is 11.8. The molecule has 5 nitrogen and oxygen atoms in total. The second kappa shape index (κ2) is 5.35. The molecule has 0 spiro atoms. The van der Waals surface area contributed by atoms with Gasteiger partial charge in [0.05, 0.1) is 18.5 Å². The highest BCUT2D eigenvalue weighted by atomic mass is 16.3. The molecule has 0 saturated heterocycles. The number of rotatable bonds is 5. The summed E-state index contributed by atoms with van der Waals surface area (Å²) in [6.45, 7) is 5.92. The number of hydrogen-bond acceptors (Lipinski definition) is 4. The van der Waals surface area contributed by atoms with Crippen LogP contribution in [0, 0.1) is 6.92 Å². The first-order chi connectivity index (χ1) is 8.70. The van der Waals surface area contributed by atoms with Gasteiger partial charge >= 0.3 is 0 Å². The molecule has 2 aromatic rings. The lowest BCUT2D eigenvalue weighted by Crippen LogP contribution is -2.18. The predicted octanol–water partition coefficient (Wildman–Crippen LogP) is 2.01. The van der Waals surface area contributed by atoms with Gasteiger partial charge in [0.1, 0.15) is 5.76 Å². The van der Waals surface area contributed by atoms with E-state index in [2.05, 4.69) is 21.9 Å². The van der Waals surface area contributed by atoms with Crippen LogP contribution in [0.4, 0.5) is 5.95 Å². The van der Waals surface area contributed by atoms with Crippen LogP contribution in [0.15, 0.2) is 40.3 Å². The van der Waals surface area contributed by atoms with Crippen molar-refractivity contribution in [3.05, 3.63) is 58.4 Å². The zero-order chi connectivity index (χ0) is 13.0. The topological polar surface area (TPSA) is 70.9 Å². The van der Waals surface area contributed by atoms with Crippen LogP contribution in [0.1, 0.15) is 17.0 Å². The van der Waals surface area contributed by atoms with E-state index in [0.29, 0.717) is 30.2 Å². The highest BCUT2D eigenvalue weighted by molar-refractivity contribution is 5.30. The van der Waals surface area contributed by atoms with Crippen LogP contribution in [-0.4, -0.2) is 9.97 Å². The summed E-state index contributed by atoms with van der Waals surface area (Å²) < 4.78 is 5.18. The van der Waals surface area contributed by atoms with E-state index in [1.165, 1.54) is 0 Å². The van der Waals surface area contributed by atoms with Crippen molar-refractivity contribution in [1.82, 2.24) is 9.97 Å². The Morgan fingerprint density at radius 1 is 1.61 bits per heavy atom. The van der Waals surface area contributed by atoms with Crippen LogP contribution in [0.2, 0.25) is 0 Å². The van der Waals surface area contributed by atoms with E-state index in [1.807, 2.05) is 19.1 Å². The lowest BCUT2D eigenvalue weighted by atomic mass is 10.2. The second-order valence-corrected chi connectivity index (χ2v) is 3.90. The molecule has 2 rings (SSSR count). The fraction of sp³-hybridized carbons (Fsp3) is 0.231. The first-order valence-electron chi connectivity index (χ1n) is 5.67. The normalized spacial score (nSPS) is 10.3. The molecule has 94 valence electrons. The first kappa shape index (κ1) is 12.2. The maximum absolute atomic E-state index is 11.8. The largest absolute Gasteiger partial charge is 0.467 e. The molecule has 0 fully saturated rings. The van der Waals surface area contributed by atoms with E-state index in [4.69, 9.17) is 4.42 Å². The third-order valence-electron chi connectivity index (χ3n) is 2.58. The van der Waals surface area contributed by atoms with Crippen molar-refractivity contribution >= 4 is 5.95 Å². The monoisotopic (exact) mass is 245 g/mol. The zero-order valence-corrected chi connectivity index (χ0v) is 10.2. The number of allylic oxidation sites excluding steroid dienone is 1. The highest BCUT2D eigenvalue weighted by Gasteiger charge is 2.06. The molecule has 0 aromatic carbocycles. The van der Waals surface area contributed by atoms with E-state index in [1.54, 1.807) is 12.3 Å². The summed E-state index contributed by atoms with van der Waals surface area (Å²) in [6.07, 6.45) is 3.81.